The molecule has 0 saturated heterocycles. The van der Waals surface area contributed by atoms with Gasteiger partial charge < -0.3 is 4.98 Å². The normalized spacial score (nSPS) is 15.6. The van der Waals surface area contributed by atoms with Crippen LogP contribution in [-0.4, -0.2) is 9.97 Å². The van der Waals surface area contributed by atoms with Gasteiger partial charge in [0.25, 0.3) is 5.56 Å². The van der Waals surface area contributed by atoms with Gasteiger partial charge in [0.2, 0.25) is 0 Å². The third kappa shape index (κ3) is 2.78. The minimum atomic E-state index is -0.00912. The highest BCUT2D eigenvalue weighted by Crippen LogP contribution is 2.35. The zero-order valence-corrected chi connectivity index (χ0v) is 14.5. The third-order valence-electron chi connectivity index (χ3n) is 4.35. The van der Waals surface area contributed by atoms with Crippen molar-refractivity contribution >= 4 is 22.6 Å². The van der Waals surface area contributed by atoms with Crippen molar-refractivity contribution < 1.29 is 0 Å². The number of hydrogen-bond donors (Lipinski definition) is 1. The minimum Gasteiger partial charge on any atom is -0.306 e. The van der Waals surface area contributed by atoms with E-state index in [0.29, 0.717) is 5.92 Å². The molecular formula is C17H19IN2O. The van der Waals surface area contributed by atoms with Crippen LogP contribution in [0, 0.1) is 17.4 Å². The van der Waals surface area contributed by atoms with Crippen molar-refractivity contribution in [3.05, 3.63) is 48.9 Å². The lowest BCUT2D eigenvalue weighted by Gasteiger charge is -2.14. The maximum atomic E-state index is 12.3. The Labute approximate surface area is 138 Å². The third-order valence-corrected chi connectivity index (χ3v) is 5.39. The number of halogens is 1. The average Bonchev–Trinajstić information content (AvgIpc) is 2.96. The van der Waals surface area contributed by atoms with Crippen LogP contribution in [0.4, 0.5) is 0 Å². The van der Waals surface area contributed by atoms with Crippen molar-refractivity contribution in [1.82, 2.24) is 9.97 Å². The standard InChI is InChI=1S/C17H19IN2O/c1-10-6-5-7-11(2)13(10)16-19-15(12-8-3-4-9-12)14(18)17(21)20-16/h5-7,12H,3-4,8-9H2,1-2H3,(H,19,20,21). The molecule has 1 aromatic carbocycles. The Balaban J connectivity index is 2.18. The molecule has 1 heterocycles. The highest BCUT2D eigenvalue weighted by atomic mass is 127. The first-order chi connectivity index (χ1) is 10.1. The Morgan fingerprint density at radius 2 is 1.81 bits per heavy atom. The first kappa shape index (κ1) is 14.8. The number of benzene rings is 1. The van der Waals surface area contributed by atoms with Gasteiger partial charge in [-0.15, -0.1) is 0 Å². The Morgan fingerprint density at radius 1 is 1.19 bits per heavy atom. The second-order valence-corrected chi connectivity index (χ2v) is 6.94. The van der Waals surface area contributed by atoms with E-state index in [2.05, 4.69) is 53.6 Å². The molecule has 1 N–H and O–H groups in total. The highest BCUT2D eigenvalue weighted by molar-refractivity contribution is 14.1. The van der Waals surface area contributed by atoms with Crippen molar-refractivity contribution in [3.63, 3.8) is 0 Å². The molecule has 1 fully saturated rings. The number of rotatable bonds is 2. The molecular weight excluding hydrogens is 375 g/mol. The van der Waals surface area contributed by atoms with Crippen LogP contribution in [0.25, 0.3) is 11.4 Å². The average molecular weight is 394 g/mol. The lowest BCUT2D eigenvalue weighted by molar-refractivity contribution is 0.687. The van der Waals surface area contributed by atoms with Gasteiger partial charge in [-0.3, -0.25) is 4.79 Å². The van der Waals surface area contributed by atoms with Gasteiger partial charge in [0.15, 0.2) is 0 Å². The molecule has 0 unspecified atom stereocenters. The van der Waals surface area contributed by atoms with Crippen LogP contribution in [0.5, 0.6) is 0 Å². The van der Waals surface area contributed by atoms with Gasteiger partial charge in [-0.05, 0) is 60.4 Å². The first-order valence-corrected chi connectivity index (χ1v) is 8.52. The highest BCUT2D eigenvalue weighted by Gasteiger charge is 2.23. The molecule has 0 atom stereocenters. The Bertz CT molecular complexity index is 710. The lowest BCUT2D eigenvalue weighted by Crippen LogP contribution is -2.18. The zero-order valence-electron chi connectivity index (χ0n) is 12.4. The molecule has 21 heavy (non-hydrogen) atoms. The summed E-state index contributed by atoms with van der Waals surface area (Å²) >= 11 is 2.14. The maximum absolute atomic E-state index is 12.3. The second-order valence-electron chi connectivity index (χ2n) is 5.86. The summed E-state index contributed by atoms with van der Waals surface area (Å²) in [6, 6.07) is 6.17. The molecule has 0 radical (unpaired) electrons. The van der Waals surface area contributed by atoms with E-state index in [1.165, 1.54) is 12.8 Å². The van der Waals surface area contributed by atoms with Crippen molar-refractivity contribution in [2.45, 2.75) is 45.4 Å². The summed E-state index contributed by atoms with van der Waals surface area (Å²) in [7, 11) is 0. The number of hydrogen-bond acceptors (Lipinski definition) is 2. The van der Waals surface area contributed by atoms with Crippen LogP contribution < -0.4 is 5.56 Å². The number of aryl methyl sites for hydroxylation is 2. The molecule has 3 rings (SSSR count). The predicted octanol–water partition coefficient (Wildman–Crippen LogP) is 4.32. The van der Waals surface area contributed by atoms with Crippen LogP contribution in [0.15, 0.2) is 23.0 Å². The molecule has 0 aliphatic heterocycles. The van der Waals surface area contributed by atoms with Gasteiger partial charge in [-0.25, -0.2) is 4.98 Å². The second kappa shape index (κ2) is 5.91. The van der Waals surface area contributed by atoms with Crippen molar-refractivity contribution in [1.29, 1.82) is 0 Å². The number of H-pyrrole nitrogens is 1. The van der Waals surface area contributed by atoms with Gasteiger partial charge in [0, 0.05) is 11.5 Å². The molecule has 0 amide bonds. The molecule has 1 aliphatic rings. The van der Waals surface area contributed by atoms with E-state index < -0.39 is 0 Å². The van der Waals surface area contributed by atoms with Crippen LogP contribution in [0.2, 0.25) is 0 Å². The number of nitrogens with zero attached hydrogens (tertiary/aromatic N) is 1. The molecule has 110 valence electrons. The summed E-state index contributed by atoms with van der Waals surface area (Å²) in [4.78, 5) is 20.1. The Kier molecular flexibility index (Phi) is 4.15. The van der Waals surface area contributed by atoms with E-state index >= 15 is 0 Å². The summed E-state index contributed by atoms with van der Waals surface area (Å²) in [6.45, 7) is 4.13. The summed E-state index contributed by atoms with van der Waals surface area (Å²) < 4.78 is 0.759. The van der Waals surface area contributed by atoms with Gasteiger partial charge >= 0.3 is 0 Å². The van der Waals surface area contributed by atoms with Crippen LogP contribution in [0.3, 0.4) is 0 Å². The quantitative estimate of drug-likeness (QED) is 0.772. The topological polar surface area (TPSA) is 45.8 Å². The van der Waals surface area contributed by atoms with Gasteiger partial charge in [0.05, 0.1) is 9.26 Å². The fraction of sp³-hybridized carbons (Fsp3) is 0.412. The van der Waals surface area contributed by atoms with Crippen molar-refractivity contribution in [2.24, 2.45) is 0 Å². The SMILES string of the molecule is Cc1cccc(C)c1-c1nc(C2CCCC2)c(I)c(=O)[nH]1. The van der Waals surface area contributed by atoms with E-state index in [1.54, 1.807) is 0 Å². The fourth-order valence-electron chi connectivity index (χ4n) is 3.25. The van der Waals surface area contributed by atoms with Gasteiger partial charge in [-0.1, -0.05) is 31.0 Å². The number of aromatic nitrogens is 2. The van der Waals surface area contributed by atoms with Crippen LogP contribution >= 0.6 is 22.6 Å². The molecule has 4 heteroatoms. The smallest absolute Gasteiger partial charge is 0.264 e. The molecule has 3 nitrogen and oxygen atoms in total. The summed E-state index contributed by atoms with van der Waals surface area (Å²) in [5, 5.41) is 0. The molecule has 0 spiro atoms. The van der Waals surface area contributed by atoms with E-state index in [9.17, 15) is 4.79 Å². The van der Waals surface area contributed by atoms with Crippen LogP contribution in [-0.2, 0) is 0 Å². The van der Waals surface area contributed by atoms with Crippen LogP contribution in [0.1, 0.15) is 48.4 Å². The van der Waals surface area contributed by atoms with Crippen molar-refractivity contribution in [2.75, 3.05) is 0 Å². The number of aromatic amines is 1. The molecule has 0 bridgehead atoms. The summed E-state index contributed by atoms with van der Waals surface area (Å²) in [6.07, 6.45) is 4.79. The van der Waals surface area contributed by atoms with E-state index in [4.69, 9.17) is 4.98 Å². The lowest BCUT2D eigenvalue weighted by atomic mass is 10.0. The largest absolute Gasteiger partial charge is 0.306 e. The van der Waals surface area contributed by atoms with E-state index in [0.717, 1.165) is 44.6 Å². The Hall–Kier alpha value is -1.17. The molecule has 1 saturated carbocycles. The van der Waals surface area contributed by atoms with Gasteiger partial charge in [-0.2, -0.15) is 0 Å². The monoisotopic (exact) mass is 394 g/mol. The Morgan fingerprint density at radius 3 is 2.43 bits per heavy atom. The van der Waals surface area contributed by atoms with Crippen molar-refractivity contribution in [3.8, 4) is 11.4 Å². The summed E-state index contributed by atoms with van der Waals surface area (Å²) in [5.74, 6) is 1.17. The predicted molar refractivity (Wildman–Crippen MR) is 93.7 cm³/mol. The van der Waals surface area contributed by atoms with E-state index in [-0.39, 0.29) is 5.56 Å². The van der Waals surface area contributed by atoms with E-state index in [1.807, 2.05) is 6.07 Å². The fourth-order valence-corrected chi connectivity index (χ4v) is 3.95. The summed E-state index contributed by atoms with van der Waals surface area (Å²) in [5.41, 5.74) is 4.35. The first-order valence-electron chi connectivity index (χ1n) is 7.44. The maximum Gasteiger partial charge on any atom is 0.264 e. The number of nitrogens with one attached hydrogen (secondary N) is 1. The zero-order chi connectivity index (χ0) is 15.0. The molecule has 2 aromatic rings. The molecule has 1 aliphatic carbocycles. The van der Waals surface area contributed by atoms with Gasteiger partial charge in [0.1, 0.15) is 5.82 Å². The minimum absolute atomic E-state index is 0.00912. The molecule has 1 aromatic heterocycles.